The number of unbranched alkanes of at least 4 members (excludes halogenated alkanes) is 4. The van der Waals surface area contributed by atoms with Gasteiger partial charge in [-0.15, -0.1) is 0 Å². The summed E-state index contributed by atoms with van der Waals surface area (Å²) < 4.78 is 83.1. The van der Waals surface area contributed by atoms with Crippen LogP contribution in [-0.4, -0.2) is 29.7 Å². The molecule has 1 aromatic carbocycles. The molecule has 3 nitrogen and oxygen atoms in total. The minimum Gasteiger partial charge on any atom is -0.380 e. The van der Waals surface area contributed by atoms with Crippen LogP contribution >= 0.6 is 0 Å². The van der Waals surface area contributed by atoms with Crippen molar-refractivity contribution in [2.45, 2.75) is 64.8 Å². The van der Waals surface area contributed by atoms with Crippen LogP contribution in [0, 0.1) is 29.1 Å². The van der Waals surface area contributed by atoms with Gasteiger partial charge in [0.1, 0.15) is 0 Å². The Balaban J connectivity index is 2.42. The second-order valence-electron chi connectivity index (χ2n) is 6.07. The van der Waals surface area contributed by atoms with Gasteiger partial charge in [-0.2, -0.15) is 0 Å². The van der Waals surface area contributed by atoms with Crippen LogP contribution in [0.25, 0.3) is 0 Å². The van der Waals surface area contributed by atoms with E-state index in [2.05, 4.69) is 0 Å². The van der Waals surface area contributed by atoms with Gasteiger partial charge in [0.05, 0.1) is 0 Å². The normalized spacial score (nSPS) is 12.1. The summed E-state index contributed by atoms with van der Waals surface area (Å²) in [6.45, 7) is 4.63. The maximum absolute atomic E-state index is 13.6. The molecule has 0 radical (unpaired) electrons. The molecule has 0 aliphatic heterocycles. The Hall–Kier alpha value is -1.03. The van der Waals surface area contributed by atoms with Crippen LogP contribution in [0.3, 0.4) is 0 Å². The van der Waals surface area contributed by atoms with E-state index in [1.165, 1.54) is 0 Å². The molecule has 0 aliphatic rings. The summed E-state index contributed by atoms with van der Waals surface area (Å²) in [4.78, 5) is 0. The molecule has 0 saturated carbocycles. The van der Waals surface area contributed by atoms with Gasteiger partial charge in [0, 0.05) is 25.2 Å². The van der Waals surface area contributed by atoms with Crippen molar-refractivity contribution in [1.29, 1.82) is 0 Å². The van der Waals surface area contributed by atoms with Crippen LogP contribution in [0.4, 0.5) is 22.0 Å². The molecular formula is C18H27F5O3Si. The van der Waals surface area contributed by atoms with Crippen molar-refractivity contribution in [3.63, 3.8) is 0 Å². The number of ether oxygens (including phenoxy) is 2. The lowest BCUT2D eigenvalue weighted by atomic mass is 10.0. The Morgan fingerprint density at radius 3 is 1.63 bits per heavy atom. The lowest BCUT2D eigenvalue weighted by molar-refractivity contribution is -0.344. The molecule has 0 unspecified atom stereocenters. The van der Waals surface area contributed by atoms with E-state index < -0.39 is 40.6 Å². The summed E-state index contributed by atoms with van der Waals surface area (Å²) in [6, 6.07) is 0. The van der Waals surface area contributed by atoms with E-state index in [-0.39, 0.29) is 6.42 Å². The van der Waals surface area contributed by atoms with Crippen LogP contribution in [-0.2, 0) is 20.3 Å². The first-order chi connectivity index (χ1) is 12.8. The van der Waals surface area contributed by atoms with Crippen molar-refractivity contribution >= 4 is 10.5 Å². The Morgan fingerprint density at radius 1 is 0.704 bits per heavy atom. The fourth-order valence-electron chi connectivity index (χ4n) is 2.89. The highest BCUT2D eigenvalue weighted by Crippen LogP contribution is 2.25. The van der Waals surface area contributed by atoms with Gasteiger partial charge in [-0.3, -0.25) is 0 Å². The Labute approximate surface area is 159 Å². The summed E-state index contributed by atoms with van der Waals surface area (Å²) in [7, 11) is 0.467. The molecule has 0 bridgehead atoms. The van der Waals surface area contributed by atoms with E-state index in [0.29, 0.717) is 43.0 Å². The number of halogens is 5. The molecule has 156 valence electrons. The molecule has 0 fully saturated rings. The minimum atomic E-state index is -2.12. The second kappa shape index (κ2) is 11.7. The van der Waals surface area contributed by atoms with E-state index in [4.69, 9.17) is 13.9 Å². The maximum atomic E-state index is 13.6. The zero-order valence-corrected chi connectivity index (χ0v) is 18.0. The van der Waals surface area contributed by atoms with Gasteiger partial charge < -0.3 is 13.9 Å². The molecule has 0 atom stereocenters. The standard InChI is InChI=1S/C18H27F5O3Si/c1-3-24-18(26-27,25-4-2)11-9-7-5-6-8-10-12-13(19)15(21)17(23)16(22)14(12)20/h3-11H2,1-2,27H3. The molecule has 0 N–H and O–H groups in total. The summed E-state index contributed by atoms with van der Waals surface area (Å²) in [6.07, 6.45) is 3.64. The average molecular weight is 414 g/mol. The zero-order chi connectivity index (χ0) is 20.4. The van der Waals surface area contributed by atoms with Gasteiger partial charge in [-0.1, -0.05) is 19.3 Å². The van der Waals surface area contributed by atoms with Crippen molar-refractivity contribution < 1.29 is 35.9 Å². The molecule has 0 aromatic heterocycles. The fourth-order valence-corrected chi connectivity index (χ4v) is 3.33. The monoisotopic (exact) mass is 414 g/mol. The SMILES string of the molecule is CCOC(CCCCCCCc1c(F)c(F)c(F)c(F)c1F)(O[SiH3])OCC. The zero-order valence-electron chi connectivity index (χ0n) is 16.0. The van der Waals surface area contributed by atoms with Crippen LogP contribution < -0.4 is 0 Å². The third-order valence-corrected chi connectivity index (χ3v) is 4.87. The summed E-state index contributed by atoms with van der Waals surface area (Å²) in [5, 5.41) is 0. The molecule has 0 heterocycles. The van der Waals surface area contributed by atoms with Gasteiger partial charge in [0.15, 0.2) is 33.8 Å². The maximum Gasteiger partial charge on any atom is 0.272 e. The second-order valence-corrected chi connectivity index (χ2v) is 6.48. The Morgan fingerprint density at radius 2 is 1.15 bits per heavy atom. The first kappa shape index (κ1) is 24.0. The summed E-state index contributed by atoms with van der Waals surface area (Å²) >= 11 is 0. The number of benzene rings is 1. The lowest BCUT2D eigenvalue weighted by Crippen LogP contribution is -2.38. The van der Waals surface area contributed by atoms with Crippen molar-refractivity contribution in [3.05, 3.63) is 34.6 Å². The largest absolute Gasteiger partial charge is 0.380 e. The fraction of sp³-hybridized carbons (Fsp3) is 0.667. The van der Waals surface area contributed by atoms with Crippen molar-refractivity contribution in [1.82, 2.24) is 0 Å². The molecular weight excluding hydrogens is 387 g/mol. The Bertz CT molecular complexity index is 566. The van der Waals surface area contributed by atoms with Crippen molar-refractivity contribution in [3.8, 4) is 0 Å². The van der Waals surface area contributed by atoms with E-state index >= 15 is 0 Å². The summed E-state index contributed by atoms with van der Waals surface area (Å²) in [5.41, 5.74) is -0.748. The first-order valence-corrected chi connectivity index (χ1v) is 9.98. The molecule has 0 saturated heterocycles. The first-order valence-electron chi connectivity index (χ1n) is 9.16. The van der Waals surface area contributed by atoms with Crippen LogP contribution in [0.2, 0.25) is 0 Å². The van der Waals surface area contributed by atoms with E-state index in [1.54, 1.807) is 0 Å². The minimum absolute atomic E-state index is 0.197. The smallest absolute Gasteiger partial charge is 0.272 e. The lowest BCUT2D eigenvalue weighted by Gasteiger charge is -2.31. The number of rotatable bonds is 13. The van der Waals surface area contributed by atoms with E-state index in [9.17, 15) is 22.0 Å². The molecule has 27 heavy (non-hydrogen) atoms. The molecule has 0 amide bonds. The number of hydrogen-bond acceptors (Lipinski definition) is 3. The quantitative estimate of drug-likeness (QED) is 0.120. The molecule has 9 heteroatoms. The van der Waals surface area contributed by atoms with Crippen molar-refractivity contribution in [2.24, 2.45) is 0 Å². The molecule has 0 aliphatic carbocycles. The van der Waals surface area contributed by atoms with Crippen molar-refractivity contribution in [2.75, 3.05) is 13.2 Å². The van der Waals surface area contributed by atoms with E-state index in [1.807, 2.05) is 13.8 Å². The summed E-state index contributed by atoms with van der Waals surface area (Å²) in [5.74, 6) is -10.4. The van der Waals surface area contributed by atoms with Gasteiger partial charge in [-0.25, -0.2) is 22.0 Å². The highest BCUT2D eigenvalue weighted by atomic mass is 28.2. The van der Waals surface area contributed by atoms with Crippen LogP contribution in [0.15, 0.2) is 0 Å². The molecule has 1 aromatic rings. The third-order valence-electron chi connectivity index (χ3n) is 4.25. The third kappa shape index (κ3) is 6.51. The Kier molecular flexibility index (Phi) is 10.4. The predicted molar refractivity (Wildman–Crippen MR) is 94.6 cm³/mol. The van der Waals surface area contributed by atoms with Crippen LogP contribution in [0.1, 0.15) is 57.9 Å². The predicted octanol–water partition coefficient (Wildman–Crippen LogP) is 4.29. The molecule has 1 rings (SSSR count). The average Bonchev–Trinajstić information content (AvgIpc) is 2.66. The highest BCUT2D eigenvalue weighted by Gasteiger charge is 2.30. The van der Waals surface area contributed by atoms with Crippen LogP contribution in [0.5, 0.6) is 0 Å². The highest BCUT2D eigenvalue weighted by molar-refractivity contribution is 5.98. The topological polar surface area (TPSA) is 27.7 Å². The molecule has 0 spiro atoms. The number of hydrogen-bond donors (Lipinski definition) is 0. The van der Waals surface area contributed by atoms with Gasteiger partial charge in [0.25, 0.3) is 5.97 Å². The van der Waals surface area contributed by atoms with Gasteiger partial charge in [0.2, 0.25) is 5.82 Å². The van der Waals surface area contributed by atoms with Gasteiger partial charge >= 0.3 is 0 Å². The van der Waals surface area contributed by atoms with E-state index in [0.717, 1.165) is 19.3 Å². The van der Waals surface area contributed by atoms with Gasteiger partial charge in [-0.05, 0) is 33.1 Å².